The van der Waals surface area contributed by atoms with Crippen molar-refractivity contribution in [3.63, 3.8) is 0 Å². The van der Waals surface area contributed by atoms with E-state index in [2.05, 4.69) is 11.2 Å². The molecule has 3 nitrogen and oxygen atoms in total. The van der Waals surface area contributed by atoms with E-state index >= 15 is 0 Å². The highest BCUT2D eigenvalue weighted by atomic mass is 16.2. The molecule has 0 unspecified atom stereocenters. The van der Waals surface area contributed by atoms with Crippen molar-refractivity contribution in [3.05, 3.63) is 0 Å². The Hall–Kier alpha value is -1.17. The number of terminal acetylenes is 1. The zero-order valence-electron chi connectivity index (χ0n) is 7.05. The number of carbonyl (C=O) groups is 1. The number of hydrogen-bond acceptors (Lipinski definition) is 1. The quantitative estimate of drug-likeness (QED) is 0.595. The molecule has 1 N–H and O–H groups in total. The third kappa shape index (κ3) is 4.26. The van der Waals surface area contributed by atoms with Gasteiger partial charge in [-0.25, -0.2) is 4.79 Å². The molecule has 11 heavy (non-hydrogen) atoms. The summed E-state index contributed by atoms with van der Waals surface area (Å²) >= 11 is 0. The predicted molar refractivity (Wildman–Crippen MR) is 45.2 cm³/mol. The second kappa shape index (κ2) is 5.60. The monoisotopic (exact) mass is 154 g/mol. The molecule has 0 aromatic rings. The average Bonchev–Trinajstić information content (AvgIpc) is 2.00. The summed E-state index contributed by atoms with van der Waals surface area (Å²) in [5, 5.41) is 2.71. The van der Waals surface area contributed by atoms with Gasteiger partial charge in [-0.1, -0.05) is 12.8 Å². The summed E-state index contributed by atoms with van der Waals surface area (Å²) in [5.74, 6) is 2.39. The van der Waals surface area contributed by atoms with Crippen LogP contribution in [0.15, 0.2) is 0 Å². The van der Waals surface area contributed by atoms with Gasteiger partial charge < -0.3 is 10.2 Å². The van der Waals surface area contributed by atoms with Crippen LogP contribution in [-0.4, -0.2) is 31.1 Å². The van der Waals surface area contributed by atoms with Gasteiger partial charge in [0.1, 0.15) is 0 Å². The first kappa shape index (κ1) is 9.83. The number of amides is 2. The fourth-order valence-electron chi connectivity index (χ4n) is 0.576. The van der Waals surface area contributed by atoms with Gasteiger partial charge in [-0.3, -0.25) is 0 Å². The molecule has 0 fully saturated rings. The summed E-state index contributed by atoms with van der Waals surface area (Å²) in [5.41, 5.74) is 0. The Morgan fingerprint density at radius 1 is 1.73 bits per heavy atom. The van der Waals surface area contributed by atoms with Crippen LogP contribution in [0.1, 0.15) is 13.3 Å². The van der Waals surface area contributed by atoms with Crippen molar-refractivity contribution in [1.82, 2.24) is 10.2 Å². The van der Waals surface area contributed by atoms with Crippen LogP contribution in [-0.2, 0) is 0 Å². The van der Waals surface area contributed by atoms with Gasteiger partial charge in [0.05, 0.1) is 6.54 Å². The van der Waals surface area contributed by atoms with Crippen LogP contribution in [0.3, 0.4) is 0 Å². The highest BCUT2D eigenvalue weighted by molar-refractivity contribution is 5.74. The molecule has 2 amide bonds. The first-order chi connectivity index (χ1) is 5.22. The Morgan fingerprint density at radius 2 is 2.36 bits per heavy atom. The maximum Gasteiger partial charge on any atom is 0.317 e. The molecule has 0 aliphatic carbocycles. The van der Waals surface area contributed by atoms with Gasteiger partial charge >= 0.3 is 6.03 Å². The SMILES string of the molecule is C#CCN(C)C(=O)NCCC. The van der Waals surface area contributed by atoms with Gasteiger partial charge in [-0.05, 0) is 6.42 Å². The van der Waals surface area contributed by atoms with Gasteiger partial charge in [-0.2, -0.15) is 0 Å². The normalized spacial score (nSPS) is 8.45. The second-order valence-corrected chi connectivity index (χ2v) is 2.29. The molecule has 0 saturated carbocycles. The van der Waals surface area contributed by atoms with Gasteiger partial charge in [0.25, 0.3) is 0 Å². The van der Waals surface area contributed by atoms with Crippen LogP contribution in [0, 0.1) is 12.3 Å². The first-order valence-electron chi connectivity index (χ1n) is 3.64. The van der Waals surface area contributed by atoms with Crippen LogP contribution >= 0.6 is 0 Å². The van der Waals surface area contributed by atoms with Crippen LogP contribution < -0.4 is 5.32 Å². The Labute approximate surface area is 67.8 Å². The lowest BCUT2D eigenvalue weighted by Gasteiger charge is -2.13. The van der Waals surface area contributed by atoms with Crippen molar-refractivity contribution in [2.75, 3.05) is 20.1 Å². The molecule has 0 atom stereocenters. The van der Waals surface area contributed by atoms with Crippen LogP contribution in [0.5, 0.6) is 0 Å². The summed E-state index contributed by atoms with van der Waals surface area (Å²) in [4.78, 5) is 12.5. The molecule has 0 radical (unpaired) electrons. The van der Waals surface area contributed by atoms with Gasteiger partial charge in [-0.15, -0.1) is 6.42 Å². The molecule has 0 aromatic heterocycles. The van der Waals surface area contributed by atoms with Gasteiger partial charge in [0.15, 0.2) is 0 Å². The van der Waals surface area contributed by atoms with Gasteiger partial charge in [0, 0.05) is 13.6 Å². The minimum atomic E-state index is -0.107. The van der Waals surface area contributed by atoms with E-state index in [1.165, 1.54) is 4.90 Å². The Bertz CT molecular complexity index is 160. The lowest BCUT2D eigenvalue weighted by Crippen LogP contribution is -2.37. The molecule has 0 bridgehead atoms. The van der Waals surface area contributed by atoms with E-state index in [-0.39, 0.29) is 6.03 Å². The van der Waals surface area contributed by atoms with E-state index < -0.39 is 0 Å². The lowest BCUT2D eigenvalue weighted by molar-refractivity contribution is 0.214. The summed E-state index contributed by atoms with van der Waals surface area (Å²) in [6.45, 7) is 3.06. The third-order valence-electron chi connectivity index (χ3n) is 1.20. The van der Waals surface area contributed by atoms with Crippen LogP contribution in [0.25, 0.3) is 0 Å². The summed E-state index contributed by atoms with van der Waals surface area (Å²) < 4.78 is 0. The number of nitrogens with one attached hydrogen (secondary N) is 1. The average molecular weight is 154 g/mol. The number of urea groups is 1. The molecule has 62 valence electrons. The molecular weight excluding hydrogens is 140 g/mol. The van der Waals surface area contributed by atoms with E-state index in [1.807, 2.05) is 6.92 Å². The minimum absolute atomic E-state index is 0.107. The molecule has 0 saturated heterocycles. The van der Waals surface area contributed by atoms with Crippen molar-refractivity contribution < 1.29 is 4.79 Å². The van der Waals surface area contributed by atoms with Crippen molar-refractivity contribution in [2.24, 2.45) is 0 Å². The smallest absolute Gasteiger partial charge is 0.317 e. The van der Waals surface area contributed by atoms with Crippen LogP contribution in [0.2, 0.25) is 0 Å². The fraction of sp³-hybridized carbons (Fsp3) is 0.625. The number of carbonyl (C=O) groups excluding carboxylic acids is 1. The van der Waals surface area contributed by atoms with Crippen molar-refractivity contribution in [2.45, 2.75) is 13.3 Å². The van der Waals surface area contributed by atoms with Gasteiger partial charge in [0.2, 0.25) is 0 Å². The van der Waals surface area contributed by atoms with E-state index in [0.717, 1.165) is 6.42 Å². The van der Waals surface area contributed by atoms with Crippen molar-refractivity contribution >= 4 is 6.03 Å². The predicted octanol–water partition coefficient (Wildman–Crippen LogP) is 0.671. The lowest BCUT2D eigenvalue weighted by atomic mass is 10.5. The number of hydrogen-bond donors (Lipinski definition) is 1. The number of nitrogens with zero attached hydrogens (tertiary/aromatic N) is 1. The number of rotatable bonds is 3. The largest absolute Gasteiger partial charge is 0.338 e. The second-order valence-electron chi connectivity index (χ2n) is 2.29. The topological polar surface area (TPSA) is 32.3 Å². The Kier molecular flexibility index (Phi) is 5.01. The summed E-state index contributed by atoms with van der Waals surface area (Å²) in [6, 6.07) is -0.107. The van der Waals surface area contributed by atoms with Crippen molar-refractivity contribution in [1.29, 1.82) is 0 Å². The first-order valence-corrected chi connectivity index (χ1v) is 3.64. The third-order valence-corrected chi connectivity index (χ3v) is 1.20. The molecular formula is C8H14N2O. The maximum absolute atomic E-state index is 11.0. The summed E-state index contributed by atoms with van der Waals surface area (Å²) in [6.07, 6.45) is 5.96. The zero-order chi connectivity index (χ0) is 8.69. The molecule has 0 aromatic carbocycles. The highest BCUT2D eigenvalue weighted by Crippen LogP contribution is 1.82. The molecule has 0 aliphatic heterocycles. The molecule has 0 rings (SSSR count). The minimum Gasteiger partial charge on any atom is -0.338 e. The molecule has 3 heteroatoms. The van der Waals surface area contributed by atoms with E-state index in [4.69, 9.17) is 6.42 Å². The molecule has 0 heterocycles. The summed E-state index contributed by atoms with van der Waals surface area (Å²) in [7, 11) is 1.67. The Morgan fingerprint density at radius 3 is 2.82 bits per heavy atom. The van der Waals surface area contributed by atoms with E-state index in [0.29, 0.717) is 13.1 Å². The standard InChI is InChI=1S/C8H14N2O/c1-4-6-9-8(11)10(3)7-5-2/h2H,4,6-7H2,1,3H3,(H,9,11). The van der Waals surface area contributed by atoms with E-state index in [1.54, 1.807) is 7.05 Å². The Balaban J connectivity index is 3.57. The van der Waals surface area contributed by atoms with Crippen molar-refractivity contribution in [3.8, 4) is 12.3 Å². The fourth-order valence-corrected chi connectivity index (χ4v) is 0.576. The van der Waals surface area contributed by atoms with E-state index in [9.17, 15) is 4.79 Å². The highest BCUT2D eigenvalue weighted by Gasteiger charge is 2.03. The zero-order valence-corrected chi connectivity index (χ0v) is 7.05. The van der Waals surface area contributed by atoms with Crippen LogP contribution in [0.4, 0.5) is 4.79 Å². The maximum atomic E-state index is 11.0. The molecule has 0 spiro atoms. The molecule has 0 aliphatic rings.